The summed E-state index contributed by atoms with van der Waals surface area (Å²) in [6.07, 6.45) is 5.04. The van der Waals surface area contributed by atoms with E-state index >= 15 is 0 Å². The van der Waals surface area contributed by atoms with Crippen LogP contribution in [0.2, 0.25) is 0 Å². The van der Waals surface area contributed by atoms with Crippen molar-refractivity contribution in [2.24, 2.45) is 5.14 Å². The topological polar surface area (TPSA) is 135 Å². The molecule has 0 aromatic carbocycles. The van der Waals surface area contributed by atoms with Gasteiger partial charge in [-0.05, 0) is 48.4 Å². The molecule has 1 fully saturated rings. The molecule has 11 heteroatoms. The number of aromatic nitrogens is 3. The maximum Gasteiger partial charge on any atom is 0.209 e. The van der Waals surface area contributed by atoms with Crippen LogP contribution < -0.4 is 10.9 Å². The van der Waals surface area contributed by atoms with Crippen molar-refractivity contribution >= 4 is 49.5 Å². The van der Waals surface area contributed by atoms with E-state index in [1.165, 1.54) is 6.33 Å². The van der Waals surface area contributed by atoms with Crippen LogP contribution in [0.4, 0.5) is 5.82 Å². The van der Waals surface area contributed by atoms with E-state index < -0.39 is 15.8 Å². The first-order valence-electron chi connectivity index (χ1n) is 8.39. The van der Waals surface area contributed by atoms with Crippen molar-refractivity contribution < 1.29 is 17.9 Å². The predicted molar refractivity (Wildman–Crippen MR) is 108 cm³/mol. The first kappa shape index (κ1) is 19.1. The van der Waals surface area contributed by atoms with E-state index in [4.69, 9.17) is 20.3 Å². The summed E-state index contributed by atoms with van der Waals surface area (Å²) >= 11 is 2.20. The Kier molecular flexibility index (Phi) is 4.50. The van der Waals surface area contributed by atoms with Crippen LogP contribution in [0.25, 0.3) is 11.0 Å². The predicted octanol–water partition coefficient (Wildman–Crippen LogP) is 1.30. The summed E-state index contributed by atoms with van der Waals surface area (Å²) in [6, 6.07) is -0.201. The third kappa shape index (κ3) is 3.46. The molecule has 2 aliphatic rings. The van der Waals surface area contributed by atoms with E-state index in [2.05, 4.69) is 32.6 Å². The Balaban J connectivity index is 1.78. The molecule has 3 atom stereocenters. The SMILES string of the molecule is CC1(C)OC2C(CCS(N)(=O)=O)=CC(n3cc(I)c4c(N)ncnc43)C2O1. The second-order valence-corrected chi connectivity index (χ2v) is 10.1. The number of fused-ring (bicyclic) bond motifs is 2. The number of hydrogen-bond acceptors (Lipinski definition) is 7. The second kappa shape index (κ2) is 6.37. The Labute approximate surface area is 170 Å². The molecule has 4 rings (SSSR count). The standard InChI is InChI=1S/C16H20IN5O4S/c1-16(2)25-12-8(3-4-27(19,23)24)5-10(13(12)26-16)22-6-9(17)11-14(18)20-7-21-15(11)22/h5-7,10,12-13H,3-4H2,1-2H3,(H2,18,20,21)(H2,19,23,24). The highest BCUT2D eigenvalue weighted by molar-refractivity contribution is 14.1. The number of anilines is 1. The van der Waals surface area contributed by atoms with Crippen LogP contribution in [0, 0.1) is 3.57 Å². The number of nitrogens with zero attached hydrogens (tertiary/aromatic N) is 3. The third-order valence-electron chi connectivity index (χ3n) is 4.80. The smallest absolute Gasteiger partial charge is 0.209 e. The van der Waals surface area contributed by atoms with Crippen LogP contribution in [-0.4, -0.2) is 46.7 Å². The van der Waals surface area contributed by atoms with Crippen molar-refractivity contribution in [2.45, 2.75) is 44.3 Å². The number of hydrogen-bond donors (Lipinski definition) is 2. The Morgan fingerprint density at radius 2 is 2.07 bits per heavy atom. The van der Waals surface area contributed by atoms with Gasteiger partial charge in [0.05, 0.1) is 17.2 Å². The van der Waals surface area contributed by atoms with Gasteiger partial charge in [-0.2, -0.15) is 0 Å². The molecule has 0 radical (unpaired) electrons. The lowest BCUT2D eigenvalue weighted by Gasteiger charge is -2.22. The Morgan fingerprint density at radius 3 is 2.78 bits per heavy atom. The van der Waals surface area contributed by atoms with Crippen molar-refractivity contribution in [2.75, 3.05) is 11.5 Å². The van der Waals surface area contributed by atoms with Crippen LogP contribution in [0.1, 0.15) is 26.3 Å². The van der Waals surface area contributed by atoms with E-state index in [0.29, 0.717) is 17.9 Å². The zero-order valence-corrected chi connectivity index (χ0v) is 17.8. The van der Waals surface area contributed by atoms with Gasteiger partial charge in [-0.1, -0.05) is 6.08 Å². The number of sulfonamides is 1. The number of ether oxygens (including phenoxy) is 2. The minimum Gasteiger partial charge on any atom is -0.383 e. The van der Waals surface area contributed by atoms with E-state index in [1.54, 1.807) is 0 Å². The fourth-order valence-electron chi connectivity index (χ4n) is 3.75. The summed E-state index contributed by atoms with van der Waals surface area (Å²) in [5, 5.41) is 5.97. The molecule has 2 aromatic heterocycles. The highest BCUT2D eigenvalue weighted by Crippen LogP contribution is 2.45. The first-order valence-corrected chi connectivity index (χ1v) is 11.2. The van der Waals surface area contributed by atoms with Gasteiger partial charge in [-0.25, -0.2) is 23.5 Å². The lowest BCUT2D eigenvalue weighted by Crippen LogP contribution is -2.28. The lowest BCUT2D eigenvalue weighted by atomic mass is 10.1. The van der Waals surface area contributed by atoms with E-state index in [1.807, 2.05) is 30.7 Å². The highest BCUT2D eigenvalue weighted by atomic mass is 127. The molecule has 146 valence electrons. The van der Waals surface area contributed by atoms with Crippen molar-refractivity contribution in [1.29, 1.82) is 0 Å². The molecular weight excluding hydrogens is 485 g/mol. The van der Waals surface area contributed by atoms with Crippen LogP contribution in [0.15, 0.2) is 24.2 Å². The summed E-state index contributed by atoms with van der Waals surface area (Å²) in [6.45, 7) is 3.69. The van der Waals surface area contributed by atoms with Crippen molar-refractivity contribution in [3.05, 3.63) is 27.7 Å². The molecule has 27 heavy (non-hydrogen) atoms. The van der Waals surface area contributed by atoms with Gasteiger partial charge in [0.1, 0.15) is 30.0 Å². The molecular formula is C16H20IN5O4S. The molecule has 0 spiro atoms. The van der Waals surface area contributed by atoms with Crippen molar-refractivity contribution in [1.82, 2.24) is 14.5 Å². The molecule has 0 bridgehead atoms. The summed E-state index contributed by atoms with van der Waals surface area (Å²) in [7, 11) is -3.57. The van der Waals surface area contributed by atoms with Gasteiger partial charge in [0.25, 0.3) is 0 Å². The summed E-state index contributed by atoms with van der Waals surface area (Å²) in [5.41, 5.74) is 7.59. The van der Waals surface area contributed by atoms with Crippen molar-refractivity contribution in [3.8, 4) is 0 Å². The first-order chi connectivity index (χ1) is 12.6. The van der Waals surface area contributed by atoms with Gasteiger partial charge in [0.15, 0.2) is 5.79 Å². The van der Waals surface area contributed by atoms with Crippen LogP contribution in [0.3, 0.4) is 0 Å². The summed E-state index contributed by atoms with van der Waals surface area (Å²) < 4.78 is 37.9. The minimum atomic E-state index is -3.57. The third-order valence-corrected chi connectivity index (χ3v) is 6.40. The Bertz CT molecular complexity index is 1050. The van der Waals surface area contributed by atoms with Crippen LogP contribution in [0.5, 0.6) is 0 Å². The molecule has 1 saturated heterocycles. The highest BCUT2D eigenvalue weighted by Gasteiger charge is 2.50. The van der Waals surface area contributed by atoms with Gasteiger partial charge < -0.3 is 19.8 Å². The van der Waals surface area contributed by atoms with Gasteiger partial charge in [0.2, 0.25) is 10.0 Å². The van der Waals surface area contributed by atoms with Gasteiger partial charge in [-0.3, -0.25) is 0 Å². The molecule has 1 aliphatic carbocycles. The maximum absolute atomic E-state index is 11.4. The van der Waals surface area contributed by atoms with Gasteiger partial charge in [-0.15, -0.1) is 0 Å². The zero-order chi connectivity index (χ0) is 19.6. The minimum absolute atomic E-state index is 0.141. The Morgan fingerprint density at radius 1 is 1.33 bits per heavy atom. The monoisotopic (exact) mass is 505 g/mol. The fourth-order valence-corrected chi connectivity index (χ4v) is 5.09. The quantitative estimate of drug-likeness (QED) is 0.472. The lowest BCUT2D eigenvalue weighted by molar-refractivity contribution is -0.147. The number of nitrogen functional groups attached to an aromatic ring is 1. The second-order valence-electron chi connectivity index (χ2n) is 7.21. The van der Waals surface area contributed by atoms with Crippen LogP contribution >= 0.6 is 22.6 Å². The average molecular weight is 505 g/mol. The number of nitrogens with two attached hydrogens (primary N) is 2. The van der Waals surface area contributed by atoms with E-state index in [9.17, 15) is 8.42 Å². The number of halogens is 1. The van der Waals surface area contributed by atoms with Gasteiger partial charge >= 0.3 is 0 Å². The molecule has 2 aromatic rings. The van der Waals surface area contributed by atoms with E-state index in [-0.39, 0.29) is 24.0 Å². The van der Waals surface area contributed by atoms with E-state index in [0.717, 1.165) is 14.5 Å². The molecule has 4 N–H and O–H groups in total. The number of rotatable bonds is 4. The van der Waals surface area contributed by atoms with Crippen LogP contribution in [-0.2, 0) is 19.5 Å². The van der Waals surface area contributed by atoms with Gasteiger partial charge in [0, 0.05) is 9.77 Å². The normalized spacial score (nSPS) is 27.1. The largest absolute Gasteiger partial charge is 0.383 e. The number of primary sulfonamides is 1. The van der Waals surface area contributed by atoms with Crippen molar-refractivity contribution in [3.63, 3.8) is 0 Å². The molecule has 0 saturated carbocycles. The molecule has 3 unspecified atom stereocenters. The fraction of sp³-hybridized carbons (Fsp3) is 0.500. The molecule has 9 nitrogen and oxygen atoms in total. The Hall–Kier alpha value is -1.28. The average Bonchev–Trinajstić information content (AvgIpc) is 3.14. The molecule has 0 amide bonds. The molecule has 1 aliphatic heterocycles. The summed E-state index contributed by atoms with van der Waals surface area (Å²) in [5.74, 6) is -0.490. The zero-order valence-electron chi connectivity index (χ0n) is 14.8. The summed E-state index contributed by atoms with van der Waals surface area (Å²) in [4.78, 5) is 8.46. The molecule has 3 heterocycles. The maximum atomic E-state index is 11.4.